The summed E-state index contributed by atoms with van der Waals surface area (Å²) in [6, 6.07) is 5.97. The molecule has 0 aromatic heterocycles. The van der Waals surface area contributed by atoms with E-state index in [0.29, 0.717) is 18.3 Å². The summed E-state index contributed by atoms with van der Waals surface area (Å²) in [5.41, 5.74) is 0.273. The summed E-state index contributed by atoms with van der Waals surface area (Å²) >= 11 is 0. The molecule has 0 N–H and O–H groups in total. The zero-order chi connectivity index (χ0) is 10.7. The highest BCUT2D eigenvalue weighted by molar-refractivity contribution is 5.43. The van der Waals surface area contributed by atoms with Gasteiger partial charge in [-0.25, -0.2) is 4.39 Å². The van der Waals surface area contributed by atoms with Crippen LogP contribution in [0.25, 0.3) is 0 Å². The fraction of sp³-hybridized carbons (Fsp3) is 0.417. The molecule has 0 atom stereocenters. The minimum atomic E-state index is -0.400. The largest absolute Gasteiger partial charge is 0.492 e. The maximum absolute atomic E-state index is 12.8. The second kappa shape index (κ2) is 4.31. The zero-order valence-corrected chi connectivity index (χ0v) is 8.37. The monoisotopic (exact) mass is 205 g/mol. The third kappa shape index (κ3) is 2.27. The number of rotatable bonds is 3. The number of benzene rings is 1. The number of nitrogens with zero attached hydrogens (tertiary/aromatic N) is 1. The highest BCUT2D eigenvalue weighted by Crippen LogP contribution is 2.28. The molecule has 0 spiro atoms. The summed E-state index contributed by atoms with van der Waals surface area (Å²) in [6.45, 7) is 0.639. The molecule has 1 saturated carbocycles. The quantitative estimate of drug-likeness (QED) is 0.760. The lowest BCUT2D eigenvalue weighted by Gasteiger charge is -2.25. The molecule has 1 aliphatic rings. The van der Waals surface area contributed by atoms with Gasteiger partial charge in [0.1, 0.15) is 17.6 Å². The van der Waals surface area contributed by atoms with Crippen molar-refractivity contribution in [2.75, 3.05) is 6.61 Å². The Morgan fingerprint density at radius 1 is 1.47 bits per heavy atom. The maximum atomic E-state index is 12.8. The summed E-state index contributed by atoms with van der Waals surface area (Å²) in [4.78, 5) is 0. The van der Waals surface area contributed by atoms with Crippen LogP contribution in [0.5, 0.6) is 5.75 Å². The zero-order valence-electron chi connectivity index (χ0n) is 8.37. The molecule has 1 aliphatic carbocycles. The maximum Gasteiger partial charge on any atom is 0.137 e. The van der Waals surface area contributed by atoms with Crippen LogP contribution >= 0.6 is 0 Å². The lowest BCUT2D eigenvalue weighted by atomic mass is 9.86. The first-order chi connectivity index (χ1) is 7.29. The van der Waals surface area contributed by atoms with Crippen LogP contribution in [0.4, 0.5) is 4.39 Å². The van der Waals surface area contributed by atoms with Crippen LogP contribution in [0.2, 0.25) is 0 Å². The first-order valence-electron chi connectivity index (χ1n) is 5.12. The minimum absolute atomic E-state index is 0.273. The van der Waals surface area contributed by atoms with E-state index in [4.69, 9.17) is 10.00 Å². The van der Waals surface area contributed by atoms with E-state index >= 15 is 0 Å². The topological polar surface area (TPSA) is 33.0 Å². The molecule has 1 fully saturated rings. The third-order valence-electron chi connectivity index (χ3n) is 2.76. The minimum Gasteiger partial charge on any atom is -0.492 e. The van der Waals surface area contributed by atoms with Gasteiger partial charge in [0.05, 0.1) is 12.2 Å². The summed E-state index contributed by atoms with van der Waals surface area (Å²) in [5, 5.41) is 8.78. The number of nitriles is 1. The first-order valence-corrected chi connectivity index (χ1v) is 5.12. The molecule has 0 heterocycles. The fourth-order valence-electron chi connectivity index (χ4n) is 1.58. The molecule has 0 unspecified atom stereocenters. The van der Waals surface area contributed by atoms with Gasteiger partial charge in [-0.2, -0.15) is 5.26 Å². The van der Waals surface area contributed by atoms with Gasteiger partial charge in [0.15, 0.2) is 0 Å². The SMILES string of the molecule is N#Cc1cc(F)ccc1OCC1CCC1. The molecule has 1 aromatic carbocycles. The van der Waals surface area contributed by atoms with E-state index in [1.807, 2.05) is 6.07 Å². The lowest BCUT2D eigenvalue weighted by Crippen LogP contribution is -2.19. The molecular formula is C12H12FNO. The smallest absolute Gasteiger partial charge is 0.137 e. The van der Waals surface area contributed by atoms with Crippen LogP contribution in [0.15, 0.2) is 18.2 Å². The average Bonchev–Trinajstić information content (AvgIpc) is 2.17. The Labute approximate surface area is 88.3 Å². The number of hydrogen-bond donors (Lipinski definition) is 0. The van der Waals surface area contributed by atoms with E-state index in [1.165, 1.54) is 37.5 Å². The van der Waals surface area contributed by atoms with Crippen molar-refractivity contribution >= 4 is 0 Å². The summed E-state index contributed by atoms with van der Waals surface area (Å²) in [6.07, 6.45) is 3.66. The standard InChI is InChI=1S/C12H12FNO/c13-11-4-5-12(10(6-11)7-14)15-8-9-2-1-3-9/h4-6,9H,1-3,8H2. The molecule has 2 nitrogen and oxygen atoms in total. The van der Waals surface area contributed by atoms with Crippen LogP contribution in [0, 0.1) is 23.1 Å². The van der Waals surface area contributed by atoms with Gasteiger partial charge in [-0.15, -0.1) is 0 Å². The van der Waals surface area contributed by atoms with E-state index in [1.54, 1.807) is 0 Å². The van der Waals surface area contributed by atoms with Crippen molar-refractivity contribution in [2.24, 2.45) is 5.92 Å². The molecule has 0 bridgehead atoms. The predicted octanol–water partition coefficient (Wildman–Crippen LogP) is 2.88. The van der Waals surface area contributed by atoms with E-state index < -0.39 is 5.82 Å². The van der Waals surface area contributed by atoms with E-state index in [2.05, 4.69) is 0 Å². The molecule has 3 heteroatoms. The van der Waals surface area contributed by atoms with Crippen molar-refractivity contribution < 1.29 is 9.13 Å². The Balaban J connectivity index is 2.03. The van der Waals surface area contributed by atoms with Gasteiger partial charge in [-0.05, 0) is 37.0 Å². The van der Waals surface area contributed by atoms with Gasteiger partial charge in [-0.3, -0.25) is 0 Å². The van der Waals surface area contributed by atoms with Crippen LogP contribution in [-0.4, -0.2) is 6.61 Å². The Bertz CT molecular complexity index is 393. The first kappa shape index (κ1) is 9.97. The van der Waals surface area contributed by atoms with Crippen LogP contribution in [0.3, 0.4) is 0 Å². The molecular weight excluding hydrogens is 193 g/mol. The Morgan fingerprint density at radius 3 is 2.87 bits per heavy atom. The van der Waals surface area contributed by atoms with Gasteiger partial charge < -0.3 is 4.74 Å². The Hall–Kier alpha value is -1.56. The molecule has 1 aromatic rings. The van der Waals surface area contributed by atoms with Gasteiger partial charge in [0, 0.05) is 0 Å². The summed E-state index contributed by atoms with van der Waals surface area (Å²) in [5.74, 6) is 0.704. The number of ether oxygens (including phenoxy) is 1. The molecule has 0 saturated heterocycles. The predicted molar refractivity (Wildman–Crippen MR) is 54.0 cm³/mol. The lowest BCUT2D eigenvalue weighted by molar-refractivity contribution is 0.180. The Morgan fingerprint density at radius 2 is 2.27 bits per heavy atom. The second-order valence-corrected chi connectivity index (χ2v) is 3.86. The molecule has 2 rings (SSSR count). The van der Waals surface area contributed by atoms with Crippen molar-refractivity contribution in [1.82, 2.24) is 0 Å². The highest BCUT2D eigenvalue weighted by atomic mass is 19.1. The molecule has 0 radical (unpaired) electrons. The van der Waals surface area contributed by atoms with E-state index in [-0.39, 0.29) is 5.56 Å². The molecule has 15 heavy (non-hydrogen) atoms. The van der Waals surface area contributed by atoms with Gasteiger partial charge in [0.2, 0.25) is 0 Å². The normalized spacial score (nSPS) is 15.5. The van der Waals surface area contributed by atoms with Crippen LogP contribution in [-0.2, 0) is 0 Å². The van der Waals surface area contributed by atoms with Gasteiger partial charge in [0.25, 0.3) is 0 Å². The number of hydrogen-bond acceptors (Lipinski definition) is 2. The van der Waals surface area contributed by atoms with Crippen molar-refractivity contribution in [1.29, 1.82) is 5.26 Å². The average molecular weight is 205 g/mol. The van der Waals surface area contributed by atoms with Gasteiger partial charge >= 0.3 is 0 Å². The van der Waals surface area contributed by atoms with Crippen molar-refractivity contribution in [3.63, 3.8) is 0 Å². The van der Waals surface area contributed by atoms with E-state index in [0.717, 1.165) is 0 Å². The summed E-state index contributed by atoms with van der Waals surface area (Å²) in [7, 11) is 0. The summed E-state index contributed by atoms with van der Waals surface area (Å²) < 4.78 is 18.3. The Kier molecular flexibility index (Phi) is 2.86. The third-order valence-corrected chi connectivity index (χ3v) is 2.76. The van der Waals surface area contributed by atoms with Crippen molar-refractivity contribution in [3.8, 4) is 11.8 Å². The van der Waals surface area contributed by atoms with Crippen molar-refractivity contribution in [2.45, 2.75) is 19.3 Å². The van der Waals surface area contributed by atoms with Crippen LogP contribution in [0.1, 0.15) is 24.8 Å². The second-order valence-electron chi connectivity index (χ2n) is 3.86. The van der Waals surface area contributed by atoms with Gasteiger partial charge in [-0.1, -0.05) is 6.42 Å². The van der Waals surface area contributed by atoms with E-state index in [9.17, 15) is 4.39 Å². The molecule has 0 aliphatic heterocycles. The number of halogens is 1. The van der Waals surface area contributed by atoms with Crippen molar-refractivity contribution in [3.05, 3.63) is 29.6 Å². The highest BCUT2D eigenvalue weighted by Gasteiger charge is 2.18. The molecule has 78 valence electrons. The molecule has 0 amide bonds. The van der Waals surface area contributed by atoms with Crippen LogP contribution < -0.4 is 4.74 Å². The fourth-order valence-corrected chi connectivity index (χ4v) is 1.58.